The number of furan rings is 1. The average molecular weight is 512 g/mol. The lowest BCUT2D eigenvalue weighted by Crippen LogP contribution is -2.12. The van der Waals surface area contributed by atoms with E-state index in [9.17, 15) is 14.0 Å². The molecule has 0 radical (unpaired) electrons. The molecule has 0 unspecified atom stereocenters. The Morgan fingerprint density at radius 1 is 1.09 bits per heavy atom. The fourth-order valence-corrected chi connectivity index (χ4v) is 3.44. The van der Waals surface area contributed by atoms with E-state index in [1.165, 1.54) is 19.1 Å². The Balaban J connectivity index is 1.35. The average Bonchev–Trinajstić information content (AvgIpc) is 3.41. The number of carbonyl (C=O) groups is 2. The molecular weight excluding hydrogens is 493 g/mol. The number of ether oxygens (including phenoxy) is 1. The van der Waals surface area contributed by atoms with Gasteiger partial charge in [-0.25, -0.2) is 4.39 Å². The van der Waals surface area contributed by atoms with E-state index in [1.807, 2.05) is 0 Å². The summed E-state index contributed by atoms with van der Waals surface area (Å²) < 4.78 is 26.5. The smallest absolute Gasteiger partial charge is 0.292 e. The summed E-state index contributed by atoms with van der Waals surface area (Å²) in [6.45, 7) is 2.05. The summed E-state index contributed by atoms with van der Waals surface area (Å²) in [4.78, 5) is 23.9. The summed E-state index contributed by atoms with van der Waals surface area (Å²) in [5.41, 5.74) is 1.47. The Hall–Kier alpha value is -3.72. The lowest BCUT2D eigenvalue weighted by Gasteiger charge is -2.05. The van der Waals surface area contributed by atoms with Gasteiger partial charge in [0.15, 0.2) is 17.4 Å². The maximum Gasteiger partial charge on any atom is 0.292 e. The standard InChI is InChI=1S/C24H19BrFN3O4/c1-15(30)17-4-8-19(9-5-17)32-14-20-10-11-22(33-20)24(31)27-23-21(25)13-29(28-23)12-16-2-6-18(26)7-3-16/h2-11,13H,12,14H2,1H3,(H,27,28,31). The van der Waals surface area contributed by atoms with E-state index in [4.69, 9.17) is 9.15 Å². The van der Waals surface area contributed by atoms with Gasteiger partial charge in [0.25, 0.3) is 5.91 Å². The van der Waals surface area contributed by atoms with Crippen LogP contribution in [-0.2, 0) is 13.2 Å². The van der Waals surface area contributed by atoms with E-state index in [2.05, 4.69) is 26.3 Å². The number of nitrogens with one attached hydrogen (secondary N) is 1. The number of halogens is 2. The fraction of sp³-hybridized carbons (Fsp3) is 0.125. The van der Waals surface area contributed by atoms with Crippen LogP contribution < -0.4 is 10.1 Å². The lowest BCUT2D eigenvalue weighted by molar-refractivity contribution is 0.0990. The third kappa shape index (κ3) is 5.75. The van der Waals surface area contributed by atoms with Crippen molar-refractivity contribution >= 4 is 33.4 Å². The Labute approximate surface area is 197 Å². The van der Waals surface area contributed by atoms with Crippen LogP contribution in [0.25, 0.3) is 0 Å². The Morgan fingerprint density at radius 2 is 1.82 bits per heavy atom. The SMILES string of the molecule is CC(=O)c1ccc(OCc2ccc(C(=O)Nc3nn(Cc4ccc(F)cc4)cc3Br)o2)cc1. The summed E-state index contributed by atoms with van der Waals surface area (Å²) in [7, 11) is 0. The van der Waals surface area contributed by atoms with Gasteiger partial charge in [-0.15, -0.1) is 0 Å². The topological polar surface area (TPSA) is 86.4 Å². The van der Waals surface area contributed by atoms with Gasteiger partial charge in [0.05, 0.1) is 11.0 Å². The summed E-state index contributed by atoms with van der Waals surface area (Å²) in [6, 6.07) is 16.1. The van der Waals surface area contributed by atoms with E-state index < -0.39 is 5.91 Å². The van der Waals surface area contributed by atoms with Gasteiger partial charge in [-0.3, -0.25) is 14.3 Å². The van der Waals surface area contributed by atoms with Crippen LogP contribution in [0.1, 0.15) is 39.2 Å². The maximum absolute atomic E-state index is 13.1. The number of hydrogen-bond donors (Lipinski definition) is 1. The Bertz CT molecular complexity index is 1280. The highest BCUT2D eigenvalue weighted by Crippen LogP contribution is 2.22. The molecule has 0 bridgehead atoms. The van der Waals surface area contributed by atoms with E-state index in [0.717, 1.165) is 5.56 Å². The molecule has 9 heteroatoms. The number of hydrogen-bond acceptors (Lipinski definition) is 5. The van der Waals surface area contributed by atoms with Crippen molar-refractivity contribution in [2.75, 3.05) is 5.32 Å². The zero-order valence-corrected chi connectivity index (χ0v) is 19.1. The van der Waals surface area contributed by atoms with Crippen molar-refractivity contribution in [3.05, 3.63) is 99.8 Å². The van der Waals surface area contributed by atoms with Gasteiger partial charge in [-0.05, 0) is 76.9 Å². The molecule has 2 heterocycles. The van der Waals surface area contributed by atoms with E-state index in [0.29, 0.717) is 33.9 Å². The van der Waals surface area contributed by atoms with Gasteiger partial charge < -0.3 is 14.5 Å². The molecule has 4 aromatic rings. The van der Waals surface area contributed by atoms with Gasteiger partial charge in [0.1, 0.15) is 23.9 Å². The van der Waals surface area contributed by atoms with Gasteiger partial charge in [0.2, 0.25) is 0 Å². The molecule has 2 aromatic carbocycles. The van der Waals surface area contributed by atoms with Crippen molar-refractivity contribution in [1.29, 1.82) is 0 Å². The van der Waals surface area contributed by atoms with Crippen LogP contribution in [0.5, 0.6) is 5.75 Å². The van der Waals surface area contributed by atoms with E-state index in [1.54, 1.807) is 59.4 Å². The van der Waals surface area contributed by atoms with E-state index >= 15 is 0 Å². The normalized spacial score (nSPS) is 10.8. The summed E-state index contributed by atoms with van der Waals surface area (Å²) in [5.74, 6) is 0.717. The first-order chi connectivity index (χ1) is 15.9. The van der Waals surface area contributed by atoms with Crippen LogP contribution in [0, 0.1) is 5.82 Å². The molecule has 33 heavy (non-hydrogen) atoms. The number of amides is 1. The number of benzene rings is 2. The highest BCUT2D eigenvalue weighted by Gasteiger charge is 2.16. The van der Waals surface area contributed by atoms with Crippen molar-refractivity contribution in [3.63, 3.8) is 0 Å². The minimum Gasteiger partial charge on any atom is -0.486 e. The van der Waals surface area contributed by atoms with Crippen LogP contribution in [0.4, 0.5) is 10.2 Å². The molecule has 0 spiro atoms. The predicted octanol–water partition coefficient (Wildman–Crippen LogP) is 5.46. The second-order valence-electron chi connectivity index (χ2n) is 7.24. The maximum atomic E-state index is 13.1. The zero-order valence-electron chi connectivity index (χ0n) is 17.5. The third-order valence-electron chi connectivity index (χ3n) is 4.73. The van der Waals surface area contributed by atoms with Gasteiger partial charge >= 0.3 is 0 Å². The second kappa shape index (κ2) is 9.83. The predicted molar refractivity (Wildman–Crippen MR) is 123 cm³/mol. The zero-order chi connectivity index (χ0) is 23.4. The largest absolute Gasteiger partial charge is 0.486 e. The third-order valence-corrected chi connectivity index (χ3v) is 5.31. The van der Waals surface area contributed by atoms with Crippen molar-refractivity contribution in [1.82, 2.24) is 9.78 Å². The molecule has 1 amide bonds. The number of rotatable bonds is 8. The second-order valence-corrected chi connectivity index (χ2v) is 8.09. The molecule has 4 rings (SSSR count). The first kappa shape index (κ1) is 22.5. The van der Waals surface area contributed by atoms with E-state index in [-0.39, 0.29) is 24.0 Å². The number of Topliss-reactive ketones (excluding diaryl/α,β-unsaturated/α-hetero) is 1. The fourth-order valence-electron chi connectivity index (χ4n) is 3.03. The van der Waals surface area contributed by atoms with Gasteiger partial charge in [-0.1, -0.05) is 12.1 Å². The monoisotopic (exact) mass is 511 g/mol. The quantitative estimate of drug-likeness (QED) is 0.317. The molecule has 0 saturated carbocycles. The minimum absolute atomic E-state index is 0.0184. The first-order valence-corrected chi connectivity index (χ1v) is 10.8. The van der Waals surface area contributed by atoms with Gasteiger partial charge in [-0.2, -0.15) is 5.10 Å². The highest BCUT2D eigenvalue weighted by atomic mass is 79.9. The number of nitrogens with zero attached hydrogens (tertiary/aromatic N) is 2. The summed E-state index contributed by atoms with van der Waals surface area (Å²) in [6.07, 6.45) is 1.72. The Kier molecular flexibility index (Phi) is 6.69. The van der Waals surface area contributed by atoms with Crippen LogP contribution in [0.15, 0.2) is 75.8 Å². The van der Waals surface area contributed by atoms with Crippen LogP contribution in [-0.4, -0.2) is 21.5 Å². The van der Waals surface area contributed by atoms with Crippen molar-refractivity contribution in [2.24, 2.45) is 0 Å². The molecule has 1 N–H and O–H groups in total. The molecule has 168 valence electrons. The highest BCUT2D eigenvalue weighted by molar-refractivity contribution is 9.10. The molecule has 7 nitrogen and oxygen atoms in total. The molecular formula is C24H19BrFN3O4. The minimum atomic E-state index is -0.459. The van der Waals surface area contributed by atoms with Crippen LogP contribution in [0.2, 0.25) is 0 Å². The molecule has 2 aromatic heterocycles. The number of carbonyl (C=O) groups excluding carboxylic acids is 2. The number of aromatic nitrogens is 2. The number of anilines is 1. The summed E-state index contributed by atoms with van der Waals surface area (Å²) >= 11 is 3.38. The molecule has 0 fully saturated rings. The first-order valence-electron chi connectivity index (χ1n) is 9.98. The summed E-state index contributed by atoms with van der Waals surface area (Å²) in [5, 5.41) is 7.05. The number of ketones is 1. The van der Waals surface area contributed by atoms with Crippen molar-refractivity contribution in [2.45, 2.75) is 20.1 Å². The molecule has 0 aliphatic rings. The molecule has 0 atom stereocenters. The van der Waals surface area contributed by atoms with Crippen molar-refractivity contribution in [3.8, 4) is 5.75 Å². The Morgan fingerprint density at radius 3 is 2.52 bits per heavy atom. The van der Waals surface area contributed by atoms with Crippen LogP contribution in [0.3, 0.4) is 0 Å². The molecule has 0 aliphatic heterocycles. The molecule has 0 saturated heterocycles. The lowest BCUT2D eigenvalue weighted by atomic mass is 10.1. The van der Waals surface area contributed by atoms with Gasteiger partial charge in [0, 0.05) is 11.8 Å². The van der Waals surface area contributed by atoms with Crippen LogP contribution >= 0.6 is 15.9 Å². The van der Waals surface area contributed by atoms with Crippen molar-refractivity contribution < 1.29 is 23.1 Å². The molecule has 0 aliphatic carbocycles.